The maximum absolute atomic E-state index is 12.4. The molecular formula is C17H13Cl2N3O2. The molecule has 0 unspecified atom stereocenters. The number of carbonyl (C=O) groups excluding carboxylic acids is 2. The highest BCUT2D eigenvalue weighted by molar-refractivity contribution is 6.45. The van der Waals surface area contributed by atoms with Gasteiger partial charge in [0.1, 0.15) is 5.71 Å². The smallest absolute Gasteiger partial charge is 0.271 e. The molecule has 1 aliphatic rings. The van der Waals surface area contributed by atoms with Crippen molar-refractivity contribution in [2.45, 2.75) is 12.8 Å². The van der Waals surface area contributed by atoms with Gasteiger partial charge in [0.15, 0.2) is 0 Å². The molecule has 1 heterocycles. The minimum absolute atomic E-state index is 0.146. The van der Waals surface area contributed by atoms with Gasteiger partial charge in [-0.3, -0.25) is 9.59 Å². The fraction of sp³-hybridized carbons (Fsp3) is 0.118. The van der Waals surface area contributed by atoms with Gasteiger partial charge in [-0.2, -0.15) is 5.10 Å². The number of para-hydroxylation sites is 1. The Morgan fingerprint density at radius 3 is 2.50 bits per heavy atom. The first-order chi connectivity index (χ1) is 11.5. The number of nitrogens with one attached hydrogen (secondary N) is 1. The lowest BCUT2D eigenvalue weighted by molar-refractivity contribution is -0.118. The minimum atomic E-state index is -0.373. The second kappa shape index (κ2) is 7.03. The lowest BCUT2D eigenvalue weighted by Crippen LogP contribution is -2.36. The van der Waals surface area contributed by atoms with Crippen LogP contribution in [0.2, 0.25) is 10.0 Å². The molecule has 0 aromatic heterocycles. The number of anilines is 2. The van der Waals surface area contributed by atoms with E-state index in [0.717, 1.165) is 0 Å². The van der Waals surface area contributed by atoms with Crippen LogP contribution in [-0.4, -0.2) is 17.5 Å². The maximum atomic E-state index is 12.4. The van der Waals surface area contributed by atoms with Crippen LogP contribution in [0.3, 0.4) is 0 Å². The van der Waals surface area contributed by atoms with Gasteiger partial charge in [-0.25, -0.2) is 5.01 Å². The quantitative estimate of drug-likeness (QED) is 0.893. The Labute approximate surface area is 148 Å². The van der Waals surface area contributed by atoms with Crippen LogP contribution in [0.5, 0.6) is 0 Å². The zero-order chi connectivity index (χ0) is 17.1. The first-order valence-electron chi connectivity index (χ1n) is 7.26. The Kier molecular flexibility index (Phi) is 4.83. The minimum Gasteiger partial charge on any atom is -0.321 e. The molecule has 122 valence electrons. The summed E-state index contributed by atoms with van der Waals surface area (Å²) in [6, 6.07) is 13.8. The summed E-state index contributed by atoms with van der Waals surface area (Å²) in [7, 11) is 0. The van der Waals surface area contributed by atoms with Crippen molar-refractivity contribution in [3.8, 4) is 0 Å². The van der Waals surface area contributed by atoms with Crippen LogP contribution in [0.25, 0.3) is 0 Å². The lowest BCUT2D eigenvalue weighted by Gasteiger charge is -2.23. The maximum Gasteiger partial charge on any atom is 0.271 e. The molecule has 0 aliphatic carbocycles. The molecule has 1 aliphatic heterocycles. The summed E-state index contributed by atoms with van der Waals surface area (Å²) >= 11 is 11.8. The number of rotatable bonds is 3. The van der Waals surface area contributed by atoms with Crippen LogP contribution in [0, 0.1) is 0 Å². The van der Waals surface area contributed by atoms with E-state index in [1.807, 2.05) is 18.2 Å². The van der Waals surface area contributed by atoms with Crippen LogP contribution < -0.4 is 10.3 Å². The van der Waals surface area contributed by atoms with Crippen LogP contribution in [0.1, 0.15) is 12.8 Å². The van der Waals surface area contributed by atoms with Crippen molar-refractivity contribution in [3.05, 3.63) is 58.6 Å². The second-order valence-corrected chi connectivity index (χ2v) is 5.99. The third kappa shape index (κ3) is 3.58. The van der Waals surface area contributed by atoms with E-state index in [9.17, 15) is 9.59 Å². The van der Waals surface area contributed by atoms with Crippen molar-refractivity contribution in [2.75, 3.05) is 10.3 Å². The molecule has 24 heavy (non-hydrogen) atoms. The molecule has 0 saturated heterocycles. The summed E-state index contributed by atoms with van der Waals surface area (Å²) in [4.78, 5) is 24.4. The van der Waals surface area contributed by atoms with Crippen molar-refractivity contribution in [1.29, 1.82) is 0 Å². The Morgan fingerprint density at radius 1 is 1.04 bits per heavy atom. The highest BCUT2D eigenvalue weighted by atomic mass is 35.5. The van der Waals surface area contributed by atoms with E-state index < -0.39 is 0 Å². The van der Waals surface area contributed by atoms with E-state index in [-0.39, 0.29) is 30.4 Å². The number of hydrazone groups is 1. The standard InChI is InChI=1S/C17H13Cl2N3O2/c18-13-7-6-11(10-14(13)19)20-17(24)15-8-9-16(23)22(21-15)12-4-2-1-3-5-12/h1-7,10H,8-9H2,(H,20,24). The van der Waals surface area contributed by atoms with Crippen LogP contribution in [-0.2, 0) is 9.59 Å². The number of benzene rings is 2. The number of hydrogen-bond acceptors (Lipinski definition) is 3. The Balaban J connectivity index is 1.81. The molecule has 7 heteroatoms. The molecule has 0 spiro atoms. The molecule has 5 nitrogen and oxygen atoms in total. The molecule has 0 atom stereocenters. The van der Waals surface area contributed by atoms with Gasteiger partial charge in [-0.05, 0) is 30.3 Å². The predicted octanol–water partition coefficient (Wildman–Crippen LogP) is 4.11. The van der Waals surface area contributed by atoms with E-state index in [0.29, 0.717) is 21.4 Å². The molecular weight excluding hydrogens is 349 g/mol. The summed E-state index contributed by atoms with van der Waals surface area (Å²) < 4.78 is 0. The first-order valence-corrected chi connectivity index (χ1v) is 8.02. The fourth-order valence-corrected chi connectivity index (χ4v) is 2.56. The molecule has 0 bridgehead atoms. The molecule has 2 amide bonds. The monoisotopic (exact) mass is 361 g/mol. The van der Waals surface area contributed by atoms with Gasteiger partial charge in [0, 0.05) is 18.5 Å². The molecule has 0 fully saturated rings. The fourth-order valence-electron chi connectivity index (χ4n) is 2.26. The molecule has 3 rings (SSSR count). The zero-order valence-corrected chi connectivity index (χ0v) is 14.0. The third-order valence-corrected chi connectivity index (χ3v) is 4.21. The summed E-state index contributed by atoms with van der Waals surface area (Å²) in [6.45, 7) is 0. The predicted molar refractivity (Wildman–Crippen MR) is 95.7 cm³/mol. The molecule has 1 N–H and O–H groups in total. The van der Waals surface area contributed by atoms with Crippen molar-refractivity contribution in [1.82, 2.24) is 0 Å². The molecule has 0 saturated carbocycles. The lowest BCUT2D eigenvalue weighted by atomic mass is 10.1. The average Bonchev–Trinajstić information content (AvgIpc) is 2.59. The van der Waals surface area contributed by atoms with Crippen molar-refractivity contribution in [3.63, 3.8) is 0 Å². The Hall–Kier alpha value is -2.37. The highest BCUT2D eigenvalue weighted by Crippen LogP contribution is 2.25. The first kappa shape index (κ1) is 16.5. The van der Waals surface area contributed by atoms with Gasteiger partial charge in [0.25, 0.3) is 5.91 Å². The summed E-state index contributed by atoms with van der Waals surface area (Å²) in [5, 5.41) is 8.93. The topological polar surface area (TPSA) is 61.8 Å². The number of hydrogen-bond donors (Lipinski definition) is 1. The van der Waals surface area contributed by atoms with Gasteiger partial charge in [-0.15, -0.1) is 0 Å². The van der Waals surface area contributed by atoms with Crippen LogP contribution in [0.4, 0.5) is 11.4 Å². The van der Waals surface area contributed by atoms with Gasteiger partial charge < -0.3 is 5.32 Å². The molecule has 2 aromatic carbocycles. The normalized spacial score (nSPS) is 14.3. The zero-order valence-electron chi connectivity index (χ0n) is 12.5. The van der Waals surface area contributed by atoms with E-state index in [2.05, 4.69) is 10.4 Å². The Bertz CT molecular complexity index is 822. The van der Waals surface area contributed by atoms with Gasteiger partial charge in [0.2, 0.25) is 5.91 Å². The van der Waals surface area contributed by atoms with E-state index in [1.165, 1.54) is 5.01 Å². The number of amides is 2. The summed E-state index contributed by atoms with van der Waals surface area (Å²) in [5.74, 6) is -0.519. The average molecular weight is 362 g/mol. The third-order valence-electron chi connectivity index (χ3n) is 3.47. The van der Waals surface area contributed by atoms with Crippen LogP contribution in [0.15, 0.2) is 53.6 Å². The SMILES string of the molecule is O=C(Nc1ccc(Cl)c(Cl)c1)C1=NN(c2ccccc2)C(=O)CC1. The van der Waals surface area contributed by atoms with Gasteiger partial charge >= 0.3 is 0 Å². The molecule has 0 radical (unpaired) electrons. The van der Waals surface area contributed by atoms with Crippen molar-refractivity contribution < 1.29 is 9.59 Å². The Morgan fingerprint density at radius 2 is 1.79 bits per heavy atom. The summed E-state index contributed by atoms with van der Waals surface area (Å²) in [5.41, 5.74) is 1.42. The number of nitrogens with zero attached hydrogens (tertiary/aromatic N) is 2. The van der Waals surface area contributed by atoms with Gasteiger partial charge in [-0.1, -0.05) is 41.4 Å². The number of halogens is 2. The van der Waals surface area contributed by atoms with E-state index in [1.54, 1.807) is 30.3 Å². The van der Waals surface area contributed by atoms with Crippen molar-refractivity contribution in [2.24, 2.45) is 5.10 Å². The van der Waals surface area contributed by atoms with Crippen LogP contribution >= 0.6 is 23.2 Å². The molecule has 2 aromatic rings. The second-order valence-electron chi connectivity index (χ2n) is 5.17. The summed E-state index contributed by atoms with van der Waals surface area (Å²) in [6.07, 6.45) is 0.512. The van der Waals surface area contributed by atoms with Crippen molar-refractivity contribution >= 4 is 52.1 Å². The van der Waals surface area contributed by atoms with Gasteiger partial charge in [0.05, 0.1) is 15.7 Å². The van der Waals surface area contributed by atoms with E-state index in [4.69, 9.17) is 23.2 Å². The highest BCUT2D eigenvalue weighted by Gasteiger charge is 2.25. The number of carbonyl (C=O) groups is 2. The van der Waals surface area contributed by atoms with E-state index >= 15 is 0 Å². The largest absolute Gasteiger partial charge is 0.321 e.